The summed E-state index contributed by atoms with van der Waals surface area (Å²) in [7, 11) is 0. The van der Waals surface area contributed by atoms with Crippen molar-refractivity contribution in [3.8, 4) is 0 Å². The van der Waals surface area contributed by atoms with Gasteiger partial charge in [-0.1, -0.05) is 15.9 Å². The topological polar surface area (TPSA) is 49.9 Å². The van der Waals surface area contributed by atoms with Crippen molar-refractivity contribution in [2.45, 2.75) is 13.8 Å². The van der Waals surface area contributed by atoms with Gasteiger partial charge in [-0.25, -0.2) is 0 Å². The van der Waals surface area contributed by atoms with Gasteiger partial charge in [-0.2, -0.15) is 0 Å². The third-order valence-electron chi connectivity index (χ3n) is 1.75. The molecule has 1 rings (SSSR count). The number of nitrogen functional groups attached to an aromatic ring is 1. The van der Waals surface area contributed by atoms with Crippen molar-refractivity contribution < 1.29 is 0 Å². The predicted molar refractivity (Wildman–Crippen MR) is 61.9 cm³/mol. The first-order chi connectivity index (χ1) is 5.52. The molecule has 0 spiro atoms. The molecule has 0 aliphatic rings. The normalized spacial score (nSPS) is 9.15. The molecule has 1 aromatic rings. The molecule has 3 N–H and O–H groups in total. The minimum absolute atomic E-state index is 0. The summed E-state index contributed by atoms with van der Waals surface area (Å²) in [6.45, 7) is 3.98. The molecule has 0 fully saturated rings. The standard InChI is InChI=1S/C9H11BrN2.ClH/c1-5-3-7(9(11)12)4-6(2)8(5)10;/h3-4H,1-2H3,(H3,11,12);1H. The van der Waals surface area contributed by atoms with E-state index in [0.717, 1.165) is 21.2 Å². The van der Waals surface area contributed by atoms with E-state index in [4.69, 9.17) is 11.1 Å². The van der Waals surface area contributed by atoms with E-state index in [1.807, 2.05) is 26.0 Å². The average molecular weight is 264 g/mol. The van der Waals surface area contributed by atoms with Gasteiger partial charge in [-0.05, 0) is 37.1 Å². The fourth-order valence-corrected chi connectivity index (χ4v) is 1.33. The van der Waals surface area contributed by atoms with Crippen LogP contribution in [0.1, 0.15) is 16.7 Å². The minimum Gasteiger partial charge on any atom is -0.384 e. The zero-order chi connectivity index (χ0) is 9.30. The maximum absolute atomic E-state index is 7.26. The molecule has 0 aliphatic carbocycles. The molecule has 0 aliphatic heterocycles. The van der Waals surface area contributed by atoms with Crippen LogP contribution in [0.5, 0.6) is 0 Å². The lowest BCUT2D eigenvalue weighted by molar-refractivity contribution is 1.31. The highest BCUT2D eigenvalue weighted by Crippen LogP contribution is 2.21. The van der Waals surface area contributed by atoms with E-state index in [9.17, 15) is 0 Å². The summed E-state index contributed by atoms with van der Waals surface area (Å²) in [4.78, 5) is 0. The first kappa shape index (κ1) is 12.5. The first-order valence-electron chi connectivity index (χ1n) is 3.63. The second-order valence-corrected chi connectivity index (χ2v) is 3.63. The SMILES string of the molecule is Cc1cc(C(=N)N)cc(C)c1Br.Cl. The number of rotatable bonds is 1. The quantitative estimate of drug-likeness (QED) is 0.594. The van der Waals surface area contributed by atoms with Gasteiger partial charge in [0.1, 0.15) is 5.84 Å². The molecular formula is C9H12BrClN2. The van der Waals surface area contributed by atoms with Gasteiger partial charge in [-0.15, -0.1) is 12.4 Å². The highest BCUT2D eigenvalue weighted by molar-refractivity contribution is 9.10. The van der Waals surface area contributed by atoms with Crippen LogP contribution < -0.4 is 5.73 Å². The Labute approximate surface area is 92.6 Å². The Bertz CT molecular complexity index is 313. The number of hydrogen-bond donors (Lipinski definition) is 2. The zero-order valence-corrected chi connectivity index (χ0v) is 9.92. The summed E-state index contributed by atoms with van der Waals surface area (Å²) >= 11 is 3.45. The van der Waals surface area contributed by atoms with Gasteiger partial charge in [0, 0.05) is 10.0 Å². The molecule has 0 saturated carbocycles. The van der Waals surface area contributed by atoms with Crippen LogP contribution in [0.2, 0.25) is 0 Å². The van der Waals surface area contributed by atoms with Gasteiger partial charge >= 0.3 is 0 Å². The number of nitrogens with two attached hydrogens (primary N) is 1. The molecule has 1 aromatic carbocycles. The van der Waals surface area contributed by atoms with E-state index < -0.39 is 0 Å². The molecule has 0 radical (unpaired) electrons. The Hall–Kier alpha value is -0.540. The molecule has 0 atom stereocenters. The van der Waals surface area contributed by atoms with Crippen LogP contribution >= 0.6 is 28.3 Å². The number of halogens is 2. The summed E-state index contributed by atoms with van der Waals surface area (Å²) in [5.74, 6) is 0.119. The van der Waals surface area contributed by atoms with Crippen LogP contribution in [0, 0.1) is 19.3 Å². The maximum Gasteiger partial charge on any atom is 0.122 e. The van der Waals surface area contributed by atoms with Gasteiger partial charge in [-0.3, -0.25) is 5.41 Å². The average Bonchev–Trinajstić information content (AvgIpc) is 1.99. The van der Waals surface area contributed by atoms with E-state index in [0.29, 0.717) is 0 Å². The Morgan fingerprint density at radius 2 is 1.69 bits per heavy atom. The molecular weight excluding hydrogens is 251 g/mol. The van der Waals surface area contributed by atoms with E-state index in [1.54, 1.807) is 0 Å². The number of hydrogen-bond acceptors (Lipinski definition) is 1. The molecule has 0 saturated heterocycles. The van der Waals surface area contributed by atoms with E-state index in [1.165, 1.54) is 0 Å². The third-order valence-corrected chi connectivity index (χ3v) is 3.00. The summed E-state index contributed by atoms with van der Waals surface area (Å²) in [5, 5.41) is 7.26. The van der Waals surface area contributed by atoms with Crippen LogP contribution in [-0.4, -0.2) is 5.84 Å². The molecule has 0 aromatic heterocycles. The van der Waals surface area contributed by atoms with Crippen LogP contribution in [0.4, 0.5) is 0 Å². The highest BCUT2D eigenvalue weighted by atomic mass is 79.9. The summed E-state index contributed by atoms with van der Waals surface area (Å²) in [6, 6.07) is 3.80. The molecule has 0 bridgehead atoms. The highest BCUT2D eigenvalue weighted by Gasteiger charge is 2.03. The minimum atomic E-state index is 0. The van der Waals surface area contributed by atoms with Crippen molar-refractivity contribution >= 4 is 34.2 Å². The Morgan fingerprint density at radius 3 is 2.00 bits per heavy atom. The first-order valence-corrected chi connectivity index (χ1v) is 4.43. The van der Waals surface area contributed by atoms with Gasteiger partial charge < -0.3 is 5.73 Å². The van der Waals surface area contributed by atoms with Crippen molar-refractivity contribution in [2.24, 2.45) is 5.73 Å². The second-order valence-electron chi connectivity index (χ2n) is 2.84. The monoisotopic (exact) mass is 262 g/mol. The Morgan fingerprint density at radius 1 is 1.31 bits per heavy atom. The second kappa shape index (κ2) is 4.63. The molecule has 0 heterocycles. The van der Waals surface area contributed by atoms with Gasteiger partial charge in [0.05, 0.1) is 0 Å². The lowest BCUT2D eigenvalue weighted by Gasteiger charge is -2.05. The fraction of sp³-hybridized carbons (Fsp3) is 0.222. The molecule has 2 nitrogen and oxygen atoms in total. The third kappa shape index (κ3) is 2.71. The molecule has 0 unspecified atom stereocenters. The number of aryl methyl sites for hydroxylation is 2. The van der Waals surface area contributed by atoms with E-state index in [-0.39, 0.29) is 18.2 Å². The van der Waals surface area contributed by atoms with Crippen molar-refractivity contribution in [1.82, 2.24) is 0 Å². The van der Waals surface area contributed by atoms with E-state index in [2.05, 4.69) is 15.9 Å². The van der Waals surface area contributed by atoms with Crippen LogP contribution in [0.25, 0.3) is 0 Å². The van der Waals surface area contributed by atoms with Crippen LogP contribution in [-0.2, 0) is 0 Å². The summed E-state index contributed by atoms with van der Waals surface area (Å²) < 4.78 is 1.09. The number of nitrogens with one attached hydrogen (secondary N) is 1. The zero-order valence-electron chi connectivity index (χ0n) is 7.52. The fourth-order valence-electron chi connectivity index (χ4n) is 1.10. The van der Waals surface area contributed by atoms with Crippen LogP contribution in [0.3, 0.4) is 0 Å². The van der Waals surface area contributed by atoms with Gasteiger partial charge in [0.25, 0.3) is 0 Å². The van der Waals surface area contributed by atoms with Crippen molar-refractivity contribution in [1.29, 1.82) is 5.41 Å². The smallest absolute Gasteiger partial charge is 0.122 e. The lowest BCUT2D eigenvalue weighted by Crippen LogP contribution is -2.11. The van der Waals surface area contributed by atoms with Crippen LogP contribution in [0.15, 0.2) is 16.6 Å². The Balaban J connectivity index is 0.00000144. The van der Waals surface area contributed by atoms with Crippen molar-refractivity contribution in [2.75, 3.05) is 0 Å². The van der Waals surface area contributed by atoms with Gasteiger partial charge in [0.2, 0.25) is 0 Å². The Kier molecular flexibility index (Phi) is 4.44. The maximum atomic E-state index is 7.26. The van der Waals surface area contributed by atoms with Crippen molar-refractivity contribution in [3.05, 3.63) is 33.3 Å². The molecule has 72 valence electrons. The summed E-state index contributed by atoms with van der Waals surface area (Å²) in [6.07, 6.45) is 0. The van der Waals surface area contributed by atoms with Gasteiger partial charge in [0.15, 0.2) is 0 Å². The predicted octanol–water partition coefficient (Wildman–Crippen LogP) is 2.77. The van der Waals surface area contributed by atoms with E-state index >= 15 is 0 Å². The largest absolute Gasteiger partial charge is 0.384 e. The summed E-state index contributed by atoms with van der Waals surface area (Å²) in [5.41, 5.74) is 8.38. The molecule has 4 heteroatoms. The number of amidine groups is 1. The number of benzene rings is 1. The van der Waals surface area contributed by atoms with Crippen molar-refractivity contribution in [3.63, 3.8) is 0 Å². The molecule has 0 amide bonds. The molecule has 13 heavy (non-hydrogen) atoms. The lowest BCUT2D eigenvalue weighted by atomic mass is 10.1.